The van der Waals surface area contributed by atoms with Crippen LogP contribution >= 0.6 is 0 Å². The minimum absolute atomic E-state index is 0.764. The van der Waals surface area contributed by atoms with Crippen LogP contribution in [0.2, 0.25) is 0 Å². The number of fused-ring (bicyclic) bond motifs is 1. The fourth-order valence-corrected chi connectivity index (χ4v) is 2.13. The van der Waals surface area contributed by atoms with Gasteiger partial charge in [0.2, 0.25) is 0 Å². The zero-order valence-corrected chi connectivity index (χ0v) is 11.0. The van der Waals surface area contributed by atoms with Gasteiger partial charge >= 0.3 is 0 Å². The molecule has 1 N–H and O–H groups in total. The second-order valence-corrected chi connectivity index (χ2v) is 4.64. The van der Waals surface area contributed by atoms with Crippen molar-refractivity contribution in [3.8, 4) is 11.8 Å². The van der Waals surface area contributed by atoms with Gasteiger partial charge in [0.15, 0.2) is 0 Å². The molecule has 0 aliphatic carbocycles. The minimum atomic E-state index is -0.764. The Morgan fingerprint density at radius 1 is 0.750 bits per heavy atom. The molecule has 0 bridgehead atoms. The van der Waals surface area contributed by atoms with Crippen LogP contribution in [-0.4, -0.2) is 5.11 Å². The first kappa shape index (κ1) is 12.5. The Hall–Kier alpha value is -2.56. The molecule has 96 valence electrons. The predicted octanol–water partition coefficient (Wildman–Crippen LogP) is 3.92. The molecule has 0 saturated carbocycles. The van der Waals surface area contributed by atoms with Crippen LogP contribution in [0.3, 0.4) is 0 Å². The van der Waals surface area contributed by atoms with Gasteiger partial charge in [0.05, 0.1) is 0 Å². The highest BCUT2D eigenvalue weighted by Crippen LogP contribution is 2.20. The highest BCUT2D eigenvalue weighted by molar-refractivity contribution is 5.83. The average molecular weight is 258 g/mol. The van der Waals surface area contributed by atoms with Crippen molar-refractivity contribution >= 4 is 10.8 Å². The summed E-state index contributed by atoms with van der Waals surface area (Å²) in [5.41, 5.74) is 1.74. The van der Waals surface area contributed by atoms with Gasteiger partial charge in [0.1, 0.15) is 6.10 Å². The average Bonchev–Trinajstić information content (AvgIpc) is 2.53. The molecule has 20 heavy (non-hydrogen) atoms. The Morgan fingerprint density at radius 3 is 2.25 bits per heavy atom. The van der Waals surface area contributed by atoms with E-state index in [1.165, 1.54) is 5.39 Å². The molecule has 0 fully saturated rings. The van der Waals surface area contributed by atoms with Crippen molar-refractivity contribution < 1.29 is 5.11 Å². The summed E-state index contributed by atoms with van der Waals surface area (Å²) >= 11 is 0. The summed E-state index contributed by atoms with van der Waals surface area (Å²) in [6.07, 6.45) is -0.764. The molecule has 0 spiro atoms. The molecule has 0 unspecified atom stereocenters. The maximum Gasteiger partial charge on any atom is 0.140 e. The van der Waals surface area contributed by atoms with Crippen molar-refractivity contribution in [1.29, 1.82) is 0 Å². The summed E-state index contributed by atoms with van der Waals surface area (Å²) in [5, 5.41) is 12.5. The SMILES string of the molecule is O[C@@H](C#Cc1ccccc1)c1ccc2ccccc2c1. The molecule has 3 aromatic rings. The molecule has 0 aliphatic heterocycles. The van der Waals surface area contributed by atoms with E-state index in [1.54, 1.807) is 0 Å². The zero-order valence-electron chi connectivity index (χ0n) is 11.0. The normalized spacial score (nSPS) is 11.7. The van der Waals surface area contributed by atoms with Crippen LogP contribution in [0.25, 0.3) is 10.8 Å². The first-order chi connectivity index (χ1) is 9.83. The lowest BCUT2D eigenvalue weighted by Crippen LogP contribution is -1.93. The van der Waals surface area contributed by atoms with Crippen molar-refractivity contribution in [3.05, 3.63) is 83.9 Å². The number of hydrogen-bond acceptors (Lipinski definition) is 1. The molecule has 0 saturated heterocycles. The summed E-state index contributed by atoms with van der Waals surface area (Å²) in [6.45, 7) is 0. The lowest BCUT2D eigenvalue weighted by Gasteiger charge is -2.05. The molecule has 0 heterocycles. The van der Waals surface area contributed by atoms with Gasteiger partial charge < -0.3 is 5.11 Å². The van der Waals surface area contributed by atoms with Gasteiger partial charge in [-0.15, -0.1) is 0 Å². The number of aliphatic hydroxyl groups excluding tert-OH is 1. The summed E-state index contributed by atoms with van der Waals surface area (Å²) in [5.74, 6) is 5.88. The monoisotopic (exact) mass is 258 g/mol. The van der Waals surface area contributed by atoms with E-state index in [2.05, 4.69) is 17.9 Å². The number of aliphatic hydroxyl groups is 1. The van der Waals surface area contributed by atoms with Crippen LogP contribution in [0.4, 0.5) is 0 Å². The number of hydrogen-bond donors (Lipinski definition) is 1. The smallest absolute Gasteiger partial charge is 0.140 e. The van der Waals surface area contributed by atoms with E-state index >= 15 is 0 Å². The Bertz CT molecular complexity index is 779. The van der Waals surface area contributed by atoms with Crippen LogP contribution in [0.1, 0.15) is 17.2 Å². The number of rotatable bonds is 1. The molecule has 0 aliphatic rings. The second-order valence-electron chi connectivity index (χ2n) is 4.64. The van der Waals surface area contributed by atoms with Crippen LogP contribution in [0.15, 0.2) is 72.8 Å². The molecule has 3 rings (SSSR count). The van der Waals surface area contributed by atoms with Gasteiger partial charge in [-0.3, -0.25) is 0 Å². The third-order valence-corrected chi connectivity index (χ3v) is 3.22. The Morgan fingerprint density at radius 2 is 1.45 bits per heavy atom. The zero-order chi connectivity index (χ0) is 13.8. The van der Waals surface area contributed by atoms with E-state index < -0.39 is 6.10 Å². The molecule has 0 radical (unpaired) electrons. The molecule has 0 aromatic heterocycles. The van der Waals surface area contributed by atoms with Gasteiger partial charge in [0.25, 0.3) is 0 Å². The lowest BCUT2D eigenvalue weighted by atomic mass is 10.0. The minimum Gasteiger partial charge on any atom is -0.376 e. The van der Waals surface area contributed by atoms with Crippen LogP contribution in [-0.2, 0) is 0 Å². The van der Waals surface area contributed by atoms with Gasteiger partial charge in [-0.25, -0.2) is 0 Å². The second kappa shape index (κ2) is 5.61. The molecule has 1 heteroatoms. The third-order valence-electron chi connectivity index (χ3n) is 3.22. The van der Waals surface area contributed by atoms with Gasteiger partial charge in [0, 0.05) is 5.56 Å². The van der Waals surface area contributed by atoms with Gasteiger partial charge in [-0.1, -0.05) is 66.4 Å². The van der Waals surface area contributed by atoms with E-state index in [-0.39, 0.29) is 0 Å². The quantitative estimate of drug-likeness (QED) is 0.656. The third kappa shape index (κ3) is 2.71. The highest BCUT2D eigenvalue weighted by atomic mass is 16.3. The Kier molecular flexibility index (Phi) is 3.50. The highest BCUT2D eigenvalue weighted by Gasteiger charge is 2.04. The summed E-state index contributed by atoms with van der Waals surface area (Å²) in [7, 11) is 0. The largest absolute Gasteiger partial charge is 0.376 e. The first-order valence-corrected chi connectivity index (χ1v) is 6.56. The number of benzene rings is 3. The predicted molar refractivity (Wildman–Crippen MR) is 82.2 cm³/mol. The molecular formula is C19H14O. The van der Waals surface area contributed by atoms with Crippen LogP contribution in [0.5, 0.6) is 0 Å². The summed E-state index contributed by atoms with van der Waals surface area (Å²) in [4.78, 5) is 0. The van der Waals surface area contributed by atoms with Crippen molar-refractivity contribution in [2.75, 3.05) is 0 Å². The molecule has 1 atom stereocenters. The summed E-state index contributed by atoms with van der Waals surface area (Å²) in [6, 6.07) is 23.7. The van der Waals surface area contributed by atoms with Crippen molar-refractivity contribution in [2.45, 2.75) is 6.10 Å². The van der Waals surface area contributed by atoms with Crippen LogP contribution < -0.4 is 0 Å². The van der Waals surface area contributed by atoms with Crippen molar-refractivity contribution in [3.63, 3.8) is 0 Å². The standard InChI is InChI=1S/C19H14O/c20-19(13-10-15-6-2-1-3-7-15)18-12-11-16-8-4-5-9-17(16)14-18/h1-9,11-12,14,19-20H/t19-/m0/s1. The molecule has 1 nitrogen and oxygen atoms in total. The Balaban J connectivity index is 1.89. The van der Waals surface area contributed by atoms with E-state index in [0.29, 0.717) is 0 Å². The Labute approximate surface area is 118 Å². The van der Waals surface area contributed by atoms with E-state index in [9.17, 15) is 5.11 Å². The molecule has 0 amide bonds. The maximum absolute atomic E-state index is 10.2. The van der Waals surface area contributed by atoms with Crippen LogP contribution in [0, 0.1) is 11.8 Å². The van der Waals surface area contributed by atoms with E-state index in [1.807, 2.05) is 66.7 Å². The van der Waals surface area contributed by atoms with Crippen molar-refractivity contribution in [1.82, 2.24) is 0 Å². The first-order valence-electron chi connectivity index (χ1n) is 6.56. The topological polar surface area (TPSA) is 20.2 Å². The lowest BCUT2D eigenvalue weighted by molar-refractivity contribution is 0.238. The van der Waals surface area contributed by atoms with E-state index in [4.69, 9.17) is 0 Å². The summed E-state index contributed by atoms with van der Waals surface area (Å²) < 4.78 is 0. The van der Waals surface area contributed by atoms with Crippen molar-refractivity contribution in [2.24, 2.45) is 0 Å². The van der Waals surface area contributed by atoms with Gasteiger partial charge in [-0.2, -0.15) is 0 Å². The molecule has 3 aromatic carbocycles. The maximum atomic E-state index is 10.2. The fraction of sp³-hybridized carbons (Fsp3) is 0.0526. The van der Waals surface area contributed by atoms with Gasteiger partial charge in [-0.05, 0) is 34.5 Å². The van der Waals surface area contributed by atoms with E-state index in [0.717, 1.165) is 16.5 Å². The molecular weight excluding hydrogens is 244 g/mol. The fourth-order valence-electron chi connectivity index (χ4n) is 2.13.